The number of amides is 1. The van der Waals surface area contributed by atoms with Crippen molar-refractivity contribution in [1.29, 1.82) is 0 Å². The SMILES string of the molecule is Cc1cc(C(=O)NCc2ccc(N3CCN(C)CC3)cc2)ccc1NS(C)(=O)=O. The summed E-state index contributed by atoms with van der Waals surface area (Å²) in [6.07, 6.45) is 1.10. The molecule has 8 heteroatoms. The second-order valence-corrected chi connectivity index (χ2v) is 9.29. The topological polar surface area (TPSA) is 81.8 Å². The molecule has 0 aromatic heterocycles. The Morgan fingerprint density at radius 2 is 1.69 bits per heavy atom. The lowest BCUT2D eigenvalue weighted by molar-refractivity contribution is 0.0951. The molecule has 1 aliphatic rings. The van der Waals surface area contributed by atoms with Crippen LogP contribution in [0.3, 0.4) is 0 Å². The molecule has 0 spiro atoms. The van der Waals surface area contributed by atoms with Crippen LogP contribution >= 0.6 is 0 Å². The van der Waals surface area contributed by atoms with E-state index < -0.39 is 10.0 Å². The molecule has 0 unspecified atom stereocenters. The van der Waals surface area contributed by atoms with Gasteiger partial charge in [0.2, 0.25) is 10.0 Å². The number of aryl methyl sites for hydroxylation is 1. The van der Waals surface area contributed by atoms with E-state index in [1.165, 1.54) is 5.69 Å². The van der Waals surface area contributed by atoms with Crippen molar-refractivity contribution in [3.8, 4) is 0 Å². The molecule has 156 valence electrons. The number of piperazine rings is 1. The van der Waals surface area contributed by atoms with E-state index in [-0.39, 0.29) is 5.91 Å². The Bertz CT molecular complexity index is 966. The molecule has 2 N–H and O–H groups in total. The monoisotopic (exact) mass is 416 g/mol. The van der Waals surface area contributed by atoms with Crippen LogP contribution in [-0.2, 0) is 16.6 Å². The van der Waals surface area contributed by atoms with Gasteiger partial charge in [0.25, 0.3) is 5.91 Å². The Labute approximate surface area is 172 Å². The predicted molar refractivity (Wildman–Crippen MR) is 117 cm³/mol. The highest BCUT2D eigenvalue weighted by molar-refractivity contribution is 7.92. The molecule has 0 atom stereocenters. The van der Waals surface area contributed by atoms with Gasteiger partial charge in [-0.15, -0.1) is 0 Å². The fourth-order valence-corrected chi connectivity index (χ4v) is 3.92. The van der Waals surface area contributed by atoms with Crippen LogP contribution in [0.1, 0.15) is 21.5 Å². The third-order valence-electron chi connectivity index (χ3n) is 5.04. The zero-order chi connectivity index (χ0) is 21.0. The van der Waals surface area contributed by atoms with Gasteiger partial charge in [0.05, 0.1) is 11.9 Å². The minimum atomic E-state index is -3.35. The molecule has 1 heterocycles. The minimum absolute atomic E-state index is 0.192. The molecule has 1 aliphatic heterocycles. The minimum Gasteiger partial charge on any atom is -0.369 e. The van der Waals surface area contributed by atoms with Crippen LogP contribution in [0.2, 0.25) is 0 Å². The summed E-state index contributed by atoms with van der Waals surface area (Å²) in [5, 5.41) is 2.92. The Balaban J connectivity index is 1.57. The third kappa shape index (κ3) is 5.95. The second-order valence-electron chi connectivity index (χ2n) is 7.54. The van der Waals surface area contributed by atoms with E-state index in [0.717, 1.165) is 38.0 Å². The molecule has 2 aromatic rings. The fourth-order valence-electron chi connectivity index (χ4n) is 3.29. The maximum atomic E-state index is 12.4. The molecule has 1 saturated heterocycles. The lowest BCUT2D eigenvalue weighted by Crippen LogP contribution is -2.44. The lowest BCUT2D eigenvalue weighted by Gasteiger charge is -2.34. The number of sulfonamides is 1. The number of hydrogen-bond donors (Lipinski definition) is 2. The maximum Gasteiger partial charge on any atom is 0.251 e. The van der Waals surface area contributed by atoms with Gasteiger partial charge in [-0.05, 0) is 55.4 Å². The smallest absolute Gasteiger partial charge is 0.251 e. The molecule has 1 amide bonds. The van der Waals surface area contributed by atoms with Crippen LogP contribution in [0.4, 0.5) is 11.4 Å². The molecule has 1 fully saturated rings. The van der Waals surface area contributed by atoms with Crippen molar-refractivity contribution >= 4 is 27.3 Å². The summed E-state index contributed by atoms with van der Waals surface area (Å²) >= 11 is 0. The van der Waals surface area contributed by atoms with Gasteiger partial charge in [-0.2, -0.15) is 0 Å². The van der Waals surface area contributed by atoms with Crippen molar-refractivity contribution in [2.24, 2.45) is 0 Å². The summed E-state index contributed by atoms with van der Waals surface area (Å²) in [7, 11) is -1.21. The average Bonchev–Trinajstić information content (AvgIpc) is 2.68. The largest absolute Gasteiger partial charge is 0.369 e. The average molecular weight is 417 g/mol. The fraction of sp³-hybridized carbons (Fsp3) is 0.381. The van der Waals surface area contributed by atoms with E-state index in [9.17, 15) is 13.2 Å². The van der Waals surface area contributed by atoms with E-state index in [0.29, 0.717) is 23.4 Å². The lowest BCUT2D eigenvalue weighted by atomic mass is 10.1. The molecule has 0 radical (unpaired) electrons. The molecule has 7 nitrogen and oxygen atoms in total. The van der Waals surface area contributed by atoms with Crippen LogP contribution in [-0.4, -0.2) is 58.7 Å². The van der Waals surface area contributed by atoms with Gasteiger partial charge in [-0.3, -0.25) is 9.52 Å². The third-order valence-corrected chi connectivity index (χ3v) is 5.63. The summed E-state index contributed by atoms with van der Waals surface area (Å²) in [6.45, 7) is 6.38. The Morgan fingerprint density at radius 3 is 2.28 bits per heavy atom. The number of carbonyl (C=O) groups excluding carboxylic acids is 1. The molecule has 2 aromatic carbocycles. The molecule has 0 aliphatic carbocycles. The van der Waals surface area contributed by atoms with Gasteiger partial charge >= 0.3 is 0 Å². The first-order chi connectivity index (χ1) is 13.7. The number of nitrogens with zero attached hydrogens (tertiary/aromatic N) is 2. The number of hydrogen-bond acceptors (Lipinski definition) is 5. The van der Waals surface area contributed by atoms with Crippen LogP contribution in [0.5, 0.6) is 0 Å². The van der Waals surface area contributed by atoms with Crippen molar-refractivity contribution in [3.63, 3.8) is 0 Å². The number of benzene rings is 2. The van der Waals surface area contributed by atoms with Crippen LogP contribution < -0.4 is 14.9 Å². The first kappa shape index (κ1) is 21.1. The van der Waals surface area contributed by atoms with Crippen molar-refractivity contribution < 1.29 is 13.2 Å². The number of carbonyl (C=O) groups is 1. The van der Waals surface area contributed by atoms with Gasteiger partial charge < -0.3 is 15.1 Å². The van der Waals surface area contributed by atoms with Crippen molar-refractivity contribution in [3.05, 3.63) is 59.2 Å². The summed E-state index contributed by atoms with van der Waals surface area (Å²) < 4.78 is 25.2. The van der Waals surface area contributed by atoms with E-state index in [1.54, 1.807) is 25.1 Å². The molecule has 29 heavy (non-hydrogen) atoms. The summed E-state index contributed by atoms with van der Waals surface area (Å²) in [6, 6.07) is 13.2. The first-order valence-electron chi connectivity index (χ1n) is 9.60. The zero-order valence-electron chi connectivity index (χ0n) is 17.1. The Hall–Kier alpha value is -2.58. The molecule has 0 bridgehead atoms. The number of rotatable bonds is 6. The second kappa shape index (κ2) is 8.84. The summed E-state index contributed by atoms with van der Waals surface area (Å²) in [5.74, 6) is -0.192. The van der Waals surface area contributed by atoms with Gasteiger partial charge in [-0.1, -0.05) is 12.1 Å². The number of likely N-dealkylation sites (N-methyl/N-ethyl adjacent to an activating group) is 1. The number of nitrogens with one attached hydrogen (secondary N) is 2. The summed E-state index contributed by atoms with van der Waals surface area (Å²) in [5.41, 5.74) is 3.90. The zero-order valence-corrected chi connectivity index (χ0v) is 17.9. The van der Waals surface area contributed by atoms with Gasteiger partial charge in [0.1, 0.15) is 0 Å². The Kier molecular flexibility index (Phi) is 6.44. The highest BCUT2D eigenvalue weighted by Gasteiger charge is 2.14. The maximum absolute atomic E-state index is 12.4. The van der Waals surface area contributed by atoms with Crippen LogP contribution in [0.25, 0.3) is 0 Å². The quantitative estimate of drug-likeness (QED) is 0.753. The van der Waals surface area contributed by atoms with Crippen molar-refractivity contribution in [2.75, 3.05) is 49.1 Å². The van der Waals surface area contributed by atoms with Crippen molar-refractivity contribution in [2.45, 2.75) is 13.5 Å². The van der Waals surface area contributed by atoms with E-state index >= 15 is 0 Å². The van der Waals surface area contributed by atoms with Gasteiger partial charge in [-0.25, -0.2) is 8.42 Å². The first-order valence-corrected chi connectivity index (χ1v) is 11.5. The van der Waals surface area contributed by atoms with Crippen molar-refractivity contribution in [1.82, 2.24) is 10.2 Å². The summed E-state index contributed by atoms with van der Waals surface area (Å²) in [4.78, 5) is 17.1. The van der Waals surface area contributed by atoms with Gasteiger partial charge in [0, 0.05) is 44.0 Å². The number of anilines is 2. The normalized spacial score (nSPS) is 15.2. The standard InChI is InChI=1S/C21H28N4O3S/c1-16-14-18(6-9-20(16)23-29(3,27)28)21(26)22-15-17-4-7-19(8-5-17)25-12-10-24(2)11-13-25/h4-9,14,23H,10-13,15H2,1-3H3,(H,22,26). The highest BCUT2D eigenvalue weighted by atomic mass is 32.2. The molecule has 3 rings (SSSR count). The van der Waals surface area contributed by atoms with Gasteiger partial charge in [0.15, 0.2) is 0 Å². The van der Waals surface area contributed by atoms with Crippen LogP contribution in [0.15, 0.2) is 42.5 Å². The molecular formula is C21H28N4O3S. The molecule has 0 saturated carbocycles. The molecular weight excluding hydrogens is 388 g/mol. The predicted octanol–water partition coefficient (Wildman–Crippen LogP) is 2.05. The van der Waals surface area contributed by atoms with Crippen LogP contribution in [0, 0.1) is 6.92 Å². The van der Waals surface area contributed by atoms with E-state index in [4.69, 9.17) is 0 Å². The Morgan fingerprint density at radius 1 is 1.03 bits per heavy atom. The van der Waals surface area contributed by atoms with E-state index in [1.807, 2.05) is 12.1 Å². The highest BCUT2D eigenvalue weighted by Crippen LogP contribution is 2.19. The van der Waals surface area contributed by atoms with E-state index in [2.05, 4.69) is 39.0 Å².